The molecule has 0 bridgehead atoms. The number of nitrogens with zero attached hydrogens (tertiary/aromatic N) is 3. The number of amides is 1. The fourth-order valence-corrected chi connectivity index (χ4v) is 2.87. The van der Waals surface area contributed by atoms with Gasteiger partial charge in [0.05, 0.1) is 22.4 Å². The third kappa shape index (κ3) is 3.83. The minimum Gasteiger partial charge on any atom is -0.448 e. The van der Waals surface area contributed by atoms with Gasteiger partial charge in [-0.05, 0) is 44.2 Å². The Morgan fingerprint density at radius 2 is 1.80 bits per heavy atom. The number of benzene rings is 2. The van der Waals surface area contributed by atoms with Gasteiger partial charge in [0, 0.05) is 5.69 Å². The van der Waals surface area contributed by atoms with Crippen molar-refractivity contribution in [1.29, 1.82) is 0 Å². The predicted octanol–water partition coefficient (Wildman–Crippen LogP) is 1.93. The van der Waals surface area contributed by atoms with Crippen LogP contribution in [0, 0.1) is 6.92 Å². The number of imidazole rings is 1. The summed E-state index contributed by atoms with van der Waals surface area (Å²) >= 11 is 0. The number of para-hydroxylation sites is 1. The molecule has 0 aliphatic rings. The Kier molecular flexibility index (Phi) is 4.88. The van der Waals surface area contributed by atoms with E-state index in [9.17, 15) is 14.4 Å². The van der Waals surface area contributed by atoms with Gasteiger partial charge in [-0.15, -0.1) is 5.10 Å². The van der Waals surface area contributed by atoms with Gasteiger partial charge < -0.3 is 20.0 Å². The summed E-state index contributed by atoms with van der Waals surface area (Å²) in [5, 5.41) is 11.1. The summed E-state index contributed by atoms with van der Waals surface area (Å²) in [6.45, 7) is 3.10. The molecule has 4 rings (SSSR count). The van der Waals surface area contributed by atoms with Gasteiger partial charge >= 0.3 is 11.7 Å². The lowest BCUT2D eigenvalue weighted by atomic mass is 10.2. The molecule has 10 heteroatoms. The quantitative estimate of drug-likeness (QED) is 0.434. The summed E-state index contributed by atoms with van der Waals surface area (Å²) in [5.41, 5.74) is 2.41. The van der Waals surface area contributed by atoms with E-state index in [-0.39, 0.29) is 11.4 Å². The Balaban J connectivity index is 1.44. The second-order valence-corrected chi connectivity index (χ2v) is 6.64. The van der Waals surface area contributed by atoms with Crippen molar-refractivity contribution in [2.75, 3.05) is 5.32 Å². The van der Waals surface area contributed by atoms with Crippen LogP contribution < -0.4 is 11.0 Å². The van der Waals surface area contributed by atoms with E-state index in [0.29, 0.717) is 28.1 Å². The highest BCUT2D eigenvalue weighted by molar-refractivity contribution is 5.98. The summed E-state index contributed by atoms with van der Waals surface area (Å²) in [6.07, 6.45) is -1.07. The topological polar surface area (TPSA) is 135 Å². The molecule has 30 heavy (non-hydrogen) atoms. The Morgan fingerprint density at radius 3 is 2.57 bits per heavy atom. The van der Waals surface area contributed by atoms with E-state index in [1.807, 2.05) is 18.2 Å². The Bertz CT molecular complexity index is 1290. The number of esters is 1. The molecule has 1 amide bonds. The van der Waals surface area contributed by atoms with Crippen LogP contribution >= 0.6 is 0 Å². The maximum absolute atomic E-state index is 12.5. The molecule has 152 valence electrons. The lowest BCUT2D eigenvalue weighted by Crippen LogP contribution is -2.30. The van der Waals surface area contributed by atoms with E-state index < -0.39 is 18.0 Å². The normalized spacial score (nSPS) is 11.9. The number of anilines is 1. The molecule has 10 nitrogen and oxygen atoms in total. The van der Waals surface area contributed by atoms with E-state index in [4.69, 9.17) is 4.74 Å². The van der Waals surface area contributed by atoms with Crippen LogP contribution in [0.3, 0.4) is 0 Å². The number of H-pyrrole nitrogens is 2. The Hall–Kier alpha value is -4.21. The van der Waals surface area contributed by atoms with Crippen LogP contribution in [-0.4, -0.2) is 42.9 Å². The molecule has 1 atom stereocenters. The standard InChI is InChI=1S/C20H18N6O4/c1-11-17(25-26(24-11)14-6-4-3-5-7-14)19(28)30-12(2)18(27)21-13-8-9-15-16(10-13)23-20(29)22-15/h3-10,12H,1-2H3,(H,21,27)(H2,22,23,29)/t12-/m0/s1. The number of fused-ring (bicyclic) bond motifs is 1. The third-order valence-corrected chi connectivity index (χ3v) is 4.40. The second-order valence-electron chi connectivity index (χ2n) is 6.64. The molecule has 0 fully saturated rings. The van der Waals surface area contributed by atoms with Crippen LogP contribution in [0.5, 0.6) is 0 Å². The van der Waals surface area contributed by atoms with Gasteiger partial charge in [0.15, 0.2) is 11.8 Å². The van der Waals surface area contributed by atoms with Gasteiger partial charge in [-0.25, -0.2) is 9.59 Å². The van der Waals surface area contributed by atoms with Crippen LogP contribution in [0.25, 0.3) is 16.7 Å². The molecular weight excluding hydrogens is 388 g/mol. The number of hydrogen-bond acceptors (Lipinski definition) is 6. The van der Waals surface area contributed by atoms with Gasteiger partial charge in [-0.2, -0.15) is 9.90 Å². The number of nitrogens with one attached hydrogen (secondary N) is 3. The lowest BCUT2D eigenvalue weighted by Gasteiger charge is -2.13. The highest BCUT2D eigenvalue weighted by Crippen LogP contribution is 2.16. The molecule has 3 N–H and O–H groups in total. The van der Waals surface area contributed by atoms with E-state index in [2.05, 4.69) is 25.5 Å². The maximum Gasteiger partial charge on any atom is 0.361 e. The second kappa shape index (κ2) is 7.66. The van der Waals surface area contributed by atoms with Gasteiger partial charge in [-0.3, -0.25) is 4.79 Å². The van der Waals surface area contributed by atoms with Crippen molar-refractivity contribution >= 4 is 28.6 Å². The maximum atomic E-state index is 12.5. The summed E-state index contributed by atoms with van der Waals surface area (Å²) in [7, 11) is 0. The minimum atomic E-state index is -1.07. The van der Waals surface area contributed by atoms with Crippen molar-refractivity contribution in [1.82, 2.24) is 25.0 Å². The molecule has 0 radical (unpaired) electrons. The number of ether oxygens (including phenoxy) is 1. The van der Waals surface area contributed by atoms with Crippen molar-refractivity contribution in [3.63, 3.8) is 0 Å². The van der Waals surface area contributed by atoms with Crippen molar-refractivity contribution in [3.8, 4) is 5.69 Å². The van der Waals surface area contributed by atoms with Crippen molar-refractivity contribution in [2.45, 2.75) is 20.0 Å². The zero-order chi connectivity index (χ0) is 21.3. The molecule has 2 aromatic heterocycles. The van der Waals surface area contributed by atoms with Crippen LogP contribution in [0.2, 0.25) is 0 Å². The first-order valence-corrected chi connectivity index (χ1v) is 9.14. The number of aromatic nitrogens is 5. The molecule has 0 spiro atoms. The first-order chi connectivity index (χ1) is 14.4. The molecule has 0 aliphatic heterocycles. The van der Waals surface area contributed by atoms with Gasteiger partial charge in [-0.1, -0.05) is 18.2 Å². The fraction of sp³-hybridized carbons (Fsp3) is 0.150. The Labute approximate surface area is 169 Å². The number of rotatable bonds is 5. The molecule has 0 saturated heterocycles. The number of aryl methyl sites for hydroxylation is 1. The largest absolute Gasteiger partial charge is 0.448 e. The smallest absolute Gasteiger partial charge is 0.361 e. The molecule has 0 unspecified atom stereocenters. The zero-order valence-corrected chi connectivity index (χ0v) is 16.2. The van der Waals surface area contributed by atoms with Gasteiger partial charge in [0.1, 0.15) is 0 Å². The molecule has 2 aromatic carbocycles. The van der Waals surface area contributed by atoms with Crippen LogP contribution in [0.1, 0.15) is 23.1 Å². The van der Waals surface area contributed by atoms with Crippen molar-refractivity contribution in [2.24, 2.45) is 0 Å². The number of carbonyl (C=O) groups is 2. The van der Waals surface area contributed by atoms with Crippen LogP contribution in [0.4, 0.5) is 5.69 Å². The lowest BCUT2D eigenvalue weighted by molar-refractivity contribution is -0.123. The SMILES string of the molecule is Cc1nn(-c2ccccc2)nc1C(=O)O[C@@H](C)C(=O)Nc1ccc2[nH]c(=O)[nH]c2c1. The summed E-state index contributed by atoms with van der Waals surface area (Å²) < 4.78 is 5.26. The first kappa shape index (κ1) is 19.1. The average Bonchev–Trinajstić information content (AvgIpc) is 3.30. The van der Waals surface area contributed by atoms with Crippen LogP contribution in [0.15, 0.2) is 53.3 Å². The van der Waals surface area contributed by atoms with E-state index in [0.717, 1.165) is 0 Å². The third-order valence-electron chi connectivity index (χ3n) is 4.40. The van der Waals surface area contributed by atoms with Crippen molar-refractivity contribution < 1.29 is 14.3 Å². The minimum absolute atomic E-state index is 0.0322. The van der Waals surface area contributed by atoms with Crippen LogP contribution in [-0.2, 0) is 9.53 Å². The first-order valence-electron chi connectivity index (χ1n) is 9.14. The molecular formula is C20H18N6O4. The fourth-order valence-electron chi connectivity index (χ4n) is 2.87. The van der Waals surface area contributed by atoms with E-state index >= 15 is 0 Å². The zero-order valence-electron chi connectivity index (χ0n) is 16.2. The summed E-state index contributed by atoms with van der Waals surface area (Å²) in [4.78, 5) is 42.8. The molecule has 0 aliphatic carbocycles. The number of hydrogen-bond donors (Lipinski definition) is 3. The van der Waals surface area contributed by atoms with Gasteiger partial charge in [0.25, 0.3) is 5.91 Å². The molecule has 2 heterocycles. The highest BCUT2D eigenvalue weighted by Gasteiger charge is 2.23. The predicted molar refractivity (Wildman–Crippen MR) is 109 cm³/mol. The highest BCUT2D eigenvalue weighted by atomic mass is 16.5. The van der Waals surface area contributed by atoms with E-state index in [1.54, 1.807) is 37.3 Å². The summed E-state index contributed by atoms with van der Waals surface area (Å²) in [6, 6.07) is 14.0. The molecule has 4 aromatic rings. The monoisotopic (exact) mass is 406 g/mol. The average molecular weight is 406 g/mol. The molecule has 0 saturated carbocycles. The number of carbonyl (C=O) groups excluding carboxylic acids is 2. The van der Waals surface area contributed by atoms with E-state index in [1.165, 1.54) is 11.7 Å². The Morgan fingerprint density at radius 1 is 1.07 bits per heavy atom. The van der Waals surface area contributed by atoms with Gasteiger partial charge in [0.2, 0.25) is 0 Å². The summed E-state index contributed by atoms with van der Waals surface area (Å²) in [5.74, 6) is -1.27. The number of aromatic amines is 2. The van der Waals surface area contributed by atoms with Crippen molar-refractivity contribution in [3.05, 3.63) is 70.4 Å².